The van der Waals surface area contributed by atoms with Gasteiger partial charge in [-0.15, -0.1) is 0 Å². The zero-order valence-electron chi connectivity index (χ0n) is 9.48. The van der Waals surface area contributed by atoms with Crippen LogP contribution in [0, 0.1) is 5.92 Å². The average Bonchev–Trinajstić information content (AvgIpc) is 2.83. The molecule has 2 fully saturated rings. The molecule has 2 aliphatic heterocycles. The van der Waals surface area contributed by atoms with E-state index < -0.39 is 0 Å². The third-order valence-corrected chi connectivity index (χ3v) is 3.65. The number of amides is 2. The fraction of sp³-hybridized carbons (Fsp3) is 0.818. The molecule has 2 heterocycles. The summed E-state index contributed by atoms with van der Waals surface area (Å²) >= 11 is 0. The van der Waals surface area contributed by atoms with Crippen molar-refractivity contribution in [1.82, 2.24) is 10.2 Å². The Morgan fingerprint density at radius 3 is 2.88 bits per heavy atom. The Morgan fingerprint density at radius 2 is 2.31 bits per heavy atom. The normalized spacial score (nSPS) is 34.2. The molecule has 0 aromatic carbocycles. The third kappa shape index (κ3) is 1.91. The van der Waals surface area contributed by atoms with E-state index in [1.54, 1.807) is 4.90 Å². The van der Waals surface area contributed by atoms with E-state index in [4.69, 9.17) is 0 Å². The van der Waals surface area contributed by atoms with Crippen LogP contribution in [0.3, 0.4) is 0 Å². The first-order valence-electron chi connectivity index (χ1n) is 5.84. The van der Waals surface area contributed by atoms with Crippen LogP contribution in [0.4, 0.5) is 0 Å². The van der Waals surface area contributed by atoms with Crippen molar-refractivity contribution in [2.24, 2.45) is 5.92 Å². The molecule has 90 valence electrons. The first-order valence-corrected chi connectivity index (χ1v) is 5.84. The molecule has 0 radical (unpaired) electrons. The summed E-state index contributed by atoms with van der Waals surface area (Å²) in [4.78, 5) is 24.9. The fourth-order valence-corrected chi connectivity index (χ4v) is 2.56. The molecular weight excluding hydrogens is 208 g/mol. The van der Waals surface area contributed by atoms with Crippen molar-refractivity contribution in [1.29, 1.82) is 0 Å². The minimum Gasteiger partial charge on any atom is -0.394 e. The topological polar surface area (TPSA) is 69.6 Å². The van der Waals surface area contributed by atoms with Crippen LogP contribution in [0.1, 0.15) is 26.2 Å². The zero-order chi connectivity index (χ0) is 11.7. The summed E-state index contributed by atoms with van der Waals surface area (Å²) in [5, 5.41) is 11.9. The molecule has 0 aromatic rings. The van der Waals surface area contributed by atoms with Gasteiger partial charge in [0, 0.05) is 13.0 Å². The zero-order valence-corrected chi connectivity index (χ0v) is 9.48. The fourth-order valence-electron chi connectivity index (χ4n) is 2.56. The molecule has 2 saturated heterocycles. The maximum Gasteiger partial charge on any atom is 0.245 e. The second-order valence-electron chi connectivity index (χ2n) is 4.71. The van der Waals surface area contributed by atoms with Gasteiger partial charge in [0.2, 0.25) is 11.8 Å². The van der Waals surface area contributed by atoms with Gasteiger partial charge < -0.3 is 15.3 Å². The molecule has 0 aromatic heterocycles. The Hall–Kier alpha value is -1.10. The summed E-state index contributed by atoms with van der Waals surface area (Å²) in [6.07, 6.45) is 1.95. The van der Waals surface area contributed by atoms with E-state index in [1.807, 2.05) is 6.92 Å². The van der Waals surface area contributed by atoms with Crippen LogP contribution >= 0.6 is 0 Å². The van der Waals surface area contributed by atoms with Gasteiger partial charge >= 0.3 is 0 Å². The summed E-state index contributed by atoms with van der Waals surface area (Å²) in [5.74, 6) is 0.256. The molecule has 2 aliphatic rings. The summed E-state index contributed by atoms with van der Waals surface area (Å²) in [7, 11) is 0. The third-order valence-electron chi connectivity index (χ3n) is 3.65. The highest BCUT2D eigenvalue weighted by atomic mass is 16.3. The lowest BCUT2D eigenvalue weighted by Crippen LogP contribution is -2.48. The van der Waals surface area contributed by atoms with Crippen molar-refractivity contribution < 1.29 is 14.7 Å². The van der Waals surface area contributed by atoms with E-state index >= 15 is 0 Å². The van der Waals surface area contributed by atoms with Crippen molar-refractivity contribution in [3.05, 3.63) is 0 Å². The number of rotatable bonds is 2. The molecule has 0 saturated carbocycles. The minimum atomic E-state index is -0.369. The lowest BCUT2D eigenvalue weighted by molar-refractivity contribution is -0.136. The van der Waals surface area contributed by atoms with Gasteiger partial charge in [-0.1, -0.05) is 6.92 Å². The molecule has 2 N–H and O–H groups in total. The highest BCUT2D eigenvalue weighted by molar-refractivity contribution is 5.91. The number of aliphatic hydroxyl groups excluding tert-OH is 1. The highest BCUT2D eigenvalue weighted by Gasteiger charge is 2.38. The van der Waals surface area contributed by atoms with Crippen LogP contribution in [0.5, 0.6) is 0 Å². The van der Waals surface area contributed by atoms with Crippen LogP contribution in [0.25, 0.3) is 0 Å². The highest BCUT2D eigenvalue weighted by Crippen LogP contribution is 2.25. The number of aliphatic hydroxyl groups is 1. The van der Waals surface area contributed by atoms with Crippen LogP contribution in [0.15, 0.2) is 0 Å². The molecule has 2 rings (SSSR count). The van der Waals surface area contributed by atoms with E-state index in [0.29, 0.717) is 25.3 Å². The maximum absolute atomic E-state index is 12.1. The number of likely N-dealkylation sites (tertiary alicyclic amines) is 1. The van der Waals surface area contributed by atoms with E-state index in [-0.39, 0.29) is 30.5 Å². The van der Waals surface area contributed by atoms with Crippen molar-refractivity contribution in [2.75, 3.05) is 13.2 Å². The summed E-state index contributed by atoms with van der Waals surface area (Å²) < 4.78 is 0. The van der Waals surface area contributed by atoms with Crippen molar-refractivity contribution in [3.8, 4) is 0 Å². The Balaban J connectivity index is 2.01. The molecule has 2 unspecified atom stereocenters. The Bertz CT molecular complexity index is 306. The lowest BCUT2D eigenvalue weighted by atomic mass is 10.0. The second-order valence-corrected chi connectivity index (χ2v) is 4.71. The van der Waals surface area contributed by atoms with Gasteiger partial charge in [0.15, 0.2) is 0 Å². The molecule has 2 amide bonds. The molecule has 3 atom stereocenters. The maximum atomic E-state index is 12.1. The van der Waals surface area contributed by atoms with Crippen LogP contribution in [-0.4, -0.2) is 47.1 Å². The minimum absolute atomic E-state index is 0.00751. The van der Waals surface area contributed by atoms with Crippen molar-refractivity contribution in [3.63, 3.8) is 0 Å². The molecule has 5 heteroatoms. The SMILES string of the molecule is CC1CCN(C(=O)[C@@H]2CCC(=O)N2)C1CO. The van der Waals surface area contributed by atoms with Gasteiger partial charge in [-0.25, -0.2) is 0 Å². The predicted octanol–water partition coefficient (Wildman–Crippen LogP) is -0.506. The standard InChI is InChI=1S/C11H18N2O3/c1-7-4-5-13(9(7)6-14)11(16)8-2-3-10(15)12-8/h7-9,14H,2-6H2,1H3,(H,12,15)/t7?,8-,9?/m0/s1. The first-order chi connectivity index (χ1) is 7.63. The predicted molar refractivity (Wildman–Crippen MR) is 57.5 cm³/mol. The van der Waals surface area contributed by atoms with Crippen LogP contribution in [0.2, 0.25) is 0 Å². The first kappa shape index (κ1) is 11.4. The Labute approximate surface area is 94.8 Å². The summed E-state index contributed by atoms with van der Waals surface area (Å²) in [6.45, 7) is 2.74. The average molecular weight is 226 g/mol. The van der Waals surface area contributed by atoms with Gasteiger partial charge in [-0.3, -0.25) is 9.59 Å². The number of nitrogens with zero attached hydrogens (tertiary/aromatic N) is 1. The molecular formula is C11H18N2O3. The van der Waals surface area contributed by atoms with Crippen LogP contribution in [-0.2, 0) is 9.59 Å². The quantitative estimate of drug-likeness (QED) is 0.666. The monoisotopic (exact) mass is 226 g/mol. The van der Waals surface area contributed by atoms with Crippen molar-refractivity contribution >= 4 is 11.8 Å². The number of carbonyl (C=O) groups is 2. The van der Waals surface area contributed by atoms with Crippen molar-refractivity contribution in [2.45, 2.75) is 38.3 Å². The van der Waals surface area contributed by atoms with E-state index in [9.17, 15) is 14.7 Å². The van der Waals surface area contributed by atoms with Gasteiger partial charge in [-0.05, 0) is 18.8 Å². The summed E-state index contributed by atoms with van der Waals surface area (Å²) in [5.41, 5.74) is 0. The van der Waals surface area contributed by atoms with Gasteiger partial charge in [-0.2, -0.15) is 0 Å². The van der Waals surface area contributed by atoms with E-state index in [1.165, 1.54) is 0 Å². The summed E-state index contributed by atoms with van der Waals surface area (Å²) in [6, 6.07) is -0.447. The molecule has 5 nitrogen and oxygen atoms in total. The number of hydrogen-bond donors (Lipinski definition) is 2. The number of carbonyl (C=O) groups excluding carboxylic acids is 2. The van der Waals surface area contributed by atoms with Gasteiger partial charge in [0.1, 0.15) is 6.04 Å². The number of hydrogen-bond acceptors (Lipinski definition) is 3. The van der Waals surface area contributed by atoms with Crippen LogP contribution < -0.4 is 5.32 Å². The molecule has 0 bridgehead atoms. The van der Waals surface area contributed by atoms with E-state index in [2.05, 4.69) is 5.32 Å². The van der Waals surface area contributed by atoms with E-state index in [0.717, 1.165) is 6.42 Å². The molecule has 0 aliphatic carbocycles. The smallest absolute Gasteiger partial charge is 0.245 e. The van der Waals surface area contributed by atoms with Gasteiger partial charge in [0.05, 0.1) is 12.6 Å². The second kappa shape index (κ2) is 4.41. The Kier molecular flexibility index (Phi) is 3.14. The molecule has 0 spiro atoms. The number of nitrogens with one attached hydrogen (secondary N) is 1. The largest absolute Gasteiger partial charge is 0.394 e. The Morgan fingerprint density at radius 1 is 1.56 bits per heavy atom. The lowest BCUT2D eigenvalue weighted by Gasteiger charge is -2.27. The van der Waals surface area contributed by atoms with Gasteiger partial charge in [0.25, 0.3) is 0 Å². The molecule has 16 heavy (non-hydrogen) atoms.